The molecule has 0 bridgehead atoms. The first kappa shape index (κ1) is 35.2. The predicted octanol–water partition coefficient (Wildman–Crippen LogP) is 4.05. The summed E-state index contributed by atoms with van der Waals surface area (Å²) in [5, 5.41) is 24.8. The Morgan fingerprint density at radius 3 is 2.14 bits per heavy atom. The van der Waals surface area contributed by atoms with Crippen LogP contribution in [0.3, 0.4) is 0 Å². The zero-order valence-electron chi connectivity index (χ0n) is 26.7. The number of carbonyl (C=O) groups is 3. The van der Waals surface area contributed by atoms with E-state index in [2.05, 4.69) is 4.98 Å². The largest absolute Gasteiger partial charge is 0.390 e. The summed E-state index contributed by atoms with van der Waals surface area (Å²) in [6.07, 6.45) is 8.67. The highest BCUT2D eigenvalue weighted by atomic mass is 32.1. The van der Waals surface area contributed by atoms with Gasteiger partial charge in [-0.2, -0.15) is 0 Å². The molecule has 0 aromatic carbocycles. The van der Waals surface area contributed by atoms with Crippen LogP contribution in [0.4, 0.5) is 5.13 Å². The third kappa shape index (κ3) is 11.3. The molecule has 2 fully saturated rings. The fourth-order valence-corrected chi connectivity index (χ4v) is 7.19. The van der Waals surface area contributed by atoms with Gasteiger partial charge in [-0.05, 0) is 43.4 Å². The SMILES string of the molecule is CC(C)C[C@H](O)[C@H](O)[C@H](CC1CCCCC1)N(Cc1csc(N)n1)C(=O)CCC(=O)N(CC(=O)N(C)C)CC1CCCC1. The van der Waals surface area contributed by atoms with Gasteiger partial charge in [0.2, 0.25) is 17.7 Å². The van der Waals surface area contributed by atoms with Crippen LogP contribution in [0.5, 0.6) is 0 Å². The topological polar surface area (TPSA) is 140 Å². The number of nitrogens with two attached hydrogens (primary N) is 1. The van der Waals surface area contributed by atoms with E-state index in [1.807, 2.05) is 19.2 Å². The van der Waals surface area contributed by atoms with E-state index in [9.17, 15) is 24.6 Å². The minimum Gasteiger partial charge on any atom is -0.390 e. The number of aliphatic hydroxyl groups excluding tert-OH is 2. The fraction of sp³-hybridized carbons (Fsp3) is 0.812. The number of aromatic nitrogens is 1. The molecule has 4 N–H and O–H groups in total. The van der Waals surface area contributed by atoms with Crippen molar-refractivity contribution >= 4 is 34.2 Å². The van der Waals surface area contributed by atoms with Gasteiger partial charge in [-0.1, -0.05) is 58.8 Å². The molecule has 0 spiro atoms. The Bertz CT molecular complexity index is 1020. The molecule has 11 heteroatoms. The first-order chi connectivity index (χ1) is 20.4. The van der Waals surface area contributed by atoms with E-state index in [0.29, 0.717) is 42.0 Å². The highest BCUT2D eigenvalue weighted by Gasteiger charge is 2.37. The second kappa shape index (κ2) is 17.3. The highest BCUT2D eigenvalue weighted by Crippen LogP contribution is 2.32. The van der Waals surface area contributed by atoms with Crippen molar-refractivity contribution in [1.82, 2.24) is 19.7 Å². The van der Waals surface area contributed by atoms with E-state index in [-0.39, 0.29) is 49.6 Å². The monoisotopic (exact) mass is 621 g/mol. The van der Waals surface area contributed by atoms with E-state index >= 15 is 0 Å². The molecule has 1 aromatic rings. The zero-order chi connectivity index (χ0) is 31.5. The number of amides is 3. The Balaban J connectivity index is 1.81. The van der Waals surface area contributed by atoms with E-state index in [1.54, 1.807) is 23.9 Å². The van der Waals surface area contributed by atoms with Crippen LogP contribution < -0.4 is 5.73 Å². The smallest absolute Gasteiger partial charge is 0.241 e. The Morgan fingerprint density at radius 1 is 0.953 bits per heavy atom. The van der Waals surface area contributed by atoms with Crippen molar-refractivity contribution in [2.75, 3.05) is 32.9 Å². The first-order valence-corrected chi connectivity index (χ1v) is 17.2. The molecule has 1 aromatic heterocycles. The lowest BCUT2D eigenvalue weighted by Crippen LogP contribution is -2.52. The lowest BCUT2D eigenvalue weighted by Gasteiger charge is -2.39. The van der Waals surface area contributed by atoms with Crippen LogP contribution in [0.25, 0.3) is 0 Å². The third-order valence-electron chi connectivity index (χ3n) is 9.11. The third-order valence-corrected chi connectivity index (χ3v) is 9.83. The molecular weight excluding hydrogens is 566 g/mol. The molecular formula is C32H55N5O5S. The average molecular weight is 622 g/mol. The molecule has 3 amide bonds. The molecule has 3 atom stereocenters. The van der Waals surface area contributed by atoms with Crippen molar-refractivity contribution in [3.05, 3.63) is 11.1 Å². The van der Waals surface area contributed by atoms with E-state index in [1.165, 1.54) is 22.7 Å². The standard InChI is InChI=1S/C32H55N5O5S/c1-22(2)16-27(38)31(42)26(17-23-10-6-5-7-11-23)37(19-25-21-43-32(33)34-25)29(40)15-14-28(39)36(20-30(41)35(3)4)18-24-12-8-9-13-24/h21-24,26-27,31,38,42H,5-20H2,1-4H3,(H2,33,34)/t26-,27-,31+/m0/s1. The number of aliphatic hydroxyl groups is 2. The van der Waals surface area contributed by atoms with Gasteiger partial charge in [0.1, 0.15) is 6.10 Å². The Labute approximate surface area is 262 Å². The number of thiazole rings is 1. The number of hydrogen-bond acceptors (Lipinski definition) is 8. The Kier molecular flexibility index (Phi) is 14.2. The van der Waals surface area contributed by atoms with E-state index < -0.39 is 18.2 Å². The van der Waals surface area contributed by atoms with Gasteiger partial charge < -0.3 is 30.6 Å². The summed E-state index contributed by atoms with van der Waals surface area (Å²) in [6, 6.07) is -0.618. The van der Waals surface area contributed by atoms with Gasteiger partial charge in [-0.15, -0.1) is 11.3 Å². The molecule has 2 aliphatic carbocycles. The van der Waals surface area contributed by atoms with Crippen LogP contribution in [0, 0.1) is 17.8 Å². The lowest BCUT2D eigenvalue weighted by molar-refractivity contribution is -0.145. The van der Waals surface area contributed by atoms with Crippen LogP contribution in [-0.4, -0.2) is 93.1 Å². The van der Waals surface area contributed by atoms with E-state index in [4.69, 9.17) is 5.73 Å². The molecule has 3 rings (SSSR count). The van der Waals surface area contributed by atoms with Crippen LogP contribution >= 0.6 is 11.3 Å². The van der Waals surface area contributed by atoms with Gasteiger partial charge >= 0.3 is 0 Å². The molecule has 43 heavy (non-hydrogen) atoms. The quantitative estimate of drug-likeness (QED) is 0.253. The summed E-state index contributed by atoms with van der Waals surface area (Å²) in [5.41, 5.74) is 6.54. The maximum absolute atomic E-state index is 14.0. The van der Waals surface area contributed by atoms with Gasteiger partial charge in [0.05, 0.1) is 30.9 Å². The first-order valence-electron chi connectivity index (χ1n) is 16.3. The normalized spacial score (nSPS) is 18.4. The van der Waals surface area contributed by atoms with E-state index in [0.717, 1.165) is 51.4 Å². The molecule has 2 aliphatic rings. The summed E-state index contributed by atoms with van der Waals surface area (Å²) in [6.45, 7) is 4.67. The van der Waals surface area contributed by atoms with Crippen molar-refractivity contribution in [2.24, 2.45) is 17.8 Å². The number of rotatable bonds is 16. The fourth-order valence-electron chi connectivity index (χ4n) is 6.63. The summed E-state index contributed by atoms with van der Waals surface area (Å²) >= 11 is 1.29. The molecule has 2 saturated carbocycles. The van der Waals surface area contributed by atoms with Gasteiger partial charge in [0.15, 0.2) is 5.13 Å². The van der Waals surface area contributed by atoms with Crippen LogP contribution in [-0.2, 0) is 20.9 Å². The summed E-state index contributed by atoms with van der Waals surface area (Å²) in [4.78, 5) is 49.2. The van der Waals surface area contributed by atoms with Crippen molar-refractivity contribution < 1.29 is 24.6 Å². The number of anilines is 1. The van der Waals surface area contributed by atoms with Crippen molar-refractivity contribution in [2.45, 2.75) is 122 Å². The predicted molar refractivity (Wildman–Crippen MR) is 170 cm³/mol. The lowest BCUT2D eigenvalue weighted by atomic mass is 9.81. The second-order valence-corrected chi connectivity index (χ2v) is 14.3. The molecule has 0 aliphatic heterocycles. The molecule has 0 unspecified atom stereocenters. The maximum atomic E-state index is 14.0. The molecule has 0 radical (unpaired) electrons. The molecule has 244 valence electrons. The van der Waals surface area contributed by atoms with Crippen LogP contribution in [0.1, 0.15) is 103 Å². The van der Waals surface area contributed by atoms with Gasteiger partial charge in [-0.25, -0.2) is 4.98 Å². The summed E-state index contributed by atoms with van der Waals surface area (Å²) in [7, 11) is 3.36. The minimum atomic E-state index is -1.13. The zero-order valence-corrected chi connectivity index (χ0v) is 27.6. The van der Waals surface area contributed by atoms with Gasteiger partial charge in [0, 0.05) is 38.9 Å². The Hall–Kier alpha value is -2.24. The maximum Gasteiger partial charge on any atom is 0.241 e. The van der Waals surface area contributed by atoms with Crippen molar-refractivity contribution in [3.63, 3.8) is 0 Å². The average Bonchev–Trinajstić information content (AvgIpc) is 3.64. The summed E-state index contributed by atoms with van der Waals surface area (Å²) < 4.78 is 0. The number of carbonyl (C=O) groups excluding carboxylic acids is 3. The van der Waals surface area contributed by atoms with Crippen molar-refractivity contribution in [1.29, 1.82) is 0 Å². The minimum absolute atomic E-state index is 0.00273. The summed E-state index contributed by atoms with van der Waals surface area (Å²) in [5.74, 6) is 0.273. The molecule has 1 heterocycles. The second-order valence-electron chi connectivity index (χ2n) is 13.4. The molecule has 10 nitrogen and oxygen atoms in total. The van der Waals surface area contributed by atoms with Gasteiger partial charge in [0.25, 0.3) is 0 Å². The number of likely N-dealkylation sites (N-methyl/N-ethyl adjacent to an activating group) is 1. The highest BCUT2D eigenvalue weighted by molar-refractivity contribution is 7.13. The van der Waals surface area contributed by atoms with Crippen LogP contribution in [0.15, 0.2) is 5.38 Å². The Morgan fingerprint density at radius 2 is 1.56 bits per heavy atom. The van der Waals surface area contributed by atoms with Crippen LogP contribution in [0.2, 0.25) is 0 Å². The number of hydrogen-bond donors (Lipinski definition) is 3. The number of nitrogens with zero attached hydrogens (tertiary/aromatic N) is 4. The molecule has 0 saturated heterocycles. The van der Waals surface area contributed by atoms with Gasteiger partial charge in [-0.3, -0.25) is 14.4 Å². The number of nitrogen functional groups attached to an aromatic ring is 1. The van der Waals surface area contributed by atoms with Crippen molar-refractivity contribution in [3.8, 4) is 0 Å².